The number of halogens is 1. The Morgan fingerprint density at radius 1 is 1.16 bits per heavy atom. The van der Waals surface area contributed by atoms with Gasteiger partial charge in [-0.2, -0.15) is 0 Å². The first kappa shape index (κ1) is 18.4. The SMILES string of the molecule is CCNC(=NCc1cccc(F)c1)NCCNC(=O)c1cccnc1. The first-order valence-corrected chi connectivity index (χ1v) is 8.14. The normalized spacial score (nSPS) is 11.0. The molecule has 0 unspecified atom stereocenters. The van der Waals surface area contributed by atoms with Crippen LogP contribution in [0, 0.1) is 5.82 Å². The molecule has 0 aliphatic rings. The zero-order valence-electron chi connectivity index (χ0n) is 14.1. The number of nitrogens with one attached hydrogen (secondary N) is 3. The van der Waals surface area contributed by atoms with Crippen molar-refractivity contribution in [2.24, 2.45) is 4.99 Å². The molecule has 1 aromatic heterocycles. The van der Waals surface area contributed by atoms with Crippen LogP contribution in [0.5, 0.6) is 0 Å². The molecule has 0 radical (unpaired) electrons. The third kappa shape index (κ3) is 6.58. The summed E-state index contributed by atoms with van der Waals surface area (Å²) in [6.45, 7) is 3.99. The molecular weight excluding hydrogens is 321 g/mol. The summed E-state index contributed by atoms with van der Waals surface area (Å²) in [7, 11) is 0. The number of guanidine groups is 1. The lowest BCUT2D eigenvalue weighted by molar-refractivity contribution is 0.0954. The second-order valence-corrected chi connectivity index (χ2v) is 5.25. The van der Waals surface area contributed by atoms with Crippen LogP contribution in [0.3, 0.4) is 0 Å². The largest absolute Gasteiger partial charge is 0.357 e. The molecule has 0 saturated heterocycles. The molecule has 0 fully saturated rings. The number of pyridine rings is 1. The quantitative estimate of drug-likeness (QED) is 0.406. The summed E-state index contributed by atoms with van der Waals surface area (Å²) in [5.41, 5.74) is 1.32. The molecule has 0 aliphatic heterocycles. The van der Waals surface area contributed by atoms with Crippen LogP contribution in [0.2, 0.25) is 0 Å². The van der Waals surface area contributed by atoms with Crippen LogP contribution in [0.15, 0.2) is 53.8 Å². The van der Waals surface area contributed by atoms with E-state index < -0.39 is 0 Å². The fraction of sp³-hybridized carbons (Fsp3) is 0.278. The summed E-state index contributed by atoms with van der Waals surface area (Å²) in [6.07, 6.45) is 3.14. The molecule has 2 aromatic rings. The molecule has 0 spiro atoms. The van der Waals surface area contributed by atoms with E-state index in [9.17, 15) is 9.18 Å². The van der Waals surface area contributed by atoms with Gasteiger partial charge in [0.1, 0.15) is 5.82 Å². The highest BCUT2D eigenvalue weighted by Gasteiger charge is 2.04. The number of hydrogen-bond donors (Lipinski definition) is 3. The van der Waals surface area contributed by atoms with Crippen LogP contribution >= 0.6 is 0 Å². The van der Waals surface area contributed by atoms with Gasteiger partial charge in [-0.05, 0) is 36.8 Å². The molecule has 1 aromatic carbocycles. The summed E-state index contributed by atoms with van der Waals surface area (Å²) in [5.74, 6) is 0.169. The molecule has 7 heteroatoms. The fourth-order valence-electron chi connectivity index (χ4n) is 2.10. The van der Waals surface area contributed by atoms with E-state index in [1.165, 1.54) is 18.3 Å². The zero-order chi connectivity index (χ0) is 17.9. The molecule has 0 atom stereocenters. The first-order chi connectivity index (χ1) is 12.2. The number of aliphatic imine (C=N–C) groups is 1. The van der Waals surface area contributed by atoms with Crippen molar-refractivity contribution in [3.63, 3.8) is 0 Å². The summed E-state index contributed by atoms with van der Waals surface area (Å²) < 4.78 is 13.2. The predicted molar refractivity (Wildman–Crippen MR) is 95.8 cm³/mol. The van der Waals surface area contributed by atoms with Crippen LogP contribution in [0.4, 0.5) is 4.39 Å². The molecule has 3 N–H and O–H groups in total. The van der Waals surface area contributed by atoms with Crippen molar-refractivity contribution in [1.29, 1.82) is 0 Å². The topological polar surface area (TPSA) is 78.4 Å². The third-order valence-electron chi connectivity index (χ3n) is 3.28. The van der Waals surface area contributed by atoms with Gasteiger partial charge in [-0.25, -0.2) is 9.38 Å². The Labute approximate surface area is 146 Å². The Morgan fingerprint density at radius 2 is 2.00 bits per heavy atom. The van der Waals surface area contributed by atoms with E-state index in [1.54, 1.807) is 24.4 Å². The lowest BCUT2D eigenvalue weighted by atomic mass is 10.2. The fourth-order valence-corrected chi connectivity index (χ4v) is 2.10. The van der Waals surface area contributed by atoms with E-state index in [1.807, 2.05) is 13.0 Å². The smallest absolute Gasteiger partial charge is 0.252 e. The Morgan fingerprint density at radius 3 is 2.72 bits per heavy atom. The van der Waals surface area contributed by atoms with Gasteiger partial charge in [0, 0.05) is 32.0 Å². The maximum absolute atomic E-state index is 13.2. The van der Waals surface area contributed by atoms with E-state index in [4.69, 9.17) is 0 Å². The van der Waals surface area contributed by atoms with Crippen molar-refractivity contribution in [2.75, 3.05) is 19.6 Å². The number of carbonyl (C=O) groups excluding carboxylic acids is 1. The molecule has 0 bridgehead atoms. The highest BCUT2D eigenvalue weighted by atomic mass is 19.1. The van der Waals surface area contributed by atoms with Crippen molar-refractivity contribution in [2.45, 2.75) is 13.5 Å². The lowest BCUT2D eigenvalue weighted by Gasteiger charge is -2.12. The van der Waals surface area contributed by atoms with E-state index in [0.29, 0.717) is 37.7 Å². The summed E-state index contributed by atoms with van der Waals surface area (Å²) >= 11 is 0. The molecule has 25 heavy (non-hydrogen) atoms. The van der Waals surface area contributed by atoms with Crippen LogP contribution in [-0.4, -0.2) is 36.5 Å². The van der Waals surface area contributed by atoms with E-state index in [0.717, 1.165) is 5.56 Å². The molecular formula is C18H22FN5O. The monoisotopic (exact) mass is 343 g/mol. The first-order valence-electron chi connectivity index (χ1n) is 8.14. The Bertz CT molecular complexity index is 706. The van der Waals surface area contributed by atoms with Crippen LogP contribution < -0.4 is 16.0 Å². The average Bonchev–Trinajstić information content (AvgIpc) is 2.63. The average molecular weight is 343 g/mol. The van der Waals surface area contributed by atoms with Gasteiger partial charge in [0.25, 0.3) is 5.91 Å². The Hall–Kier alpha value is -2.96. The minimum atomic E-state index is -0.274. The Balaban J connectivity index is 1.79. The van der Waals surface area contributed by atoms with Crippen molar-refractivity contribution >= 4 is 11.9 Å². The van der Waals surface area contributed by atoms with Crippen molar-refractivity contribution in [3.8, 4) is 0 Å². The number of nitrogens with zero attached hydrogens (tertiary/aromatic N) is 2. The number of amides is 1. The number of rotatable bonds is 7. The minimum Gasteiger partial charge on any atom is -0.357 e. The van der Waals surface area contributed by atoms with Gasteiger partial charge >= 0.3 is 0 Å². The summed E-state index contributed by atoms with van der Waals surface area (Å²) in [4.78, 5) is 20.2. The van der Waals surface area contributed by atoms with Crippen molar-refractivity contribution in [3.05, 3.63) is 65.7 Å². The molecule has 6 nitrogen and oxygen atoms in total. The molecule has 2 rings (SSSR count). The molecule has 132 valence electrons. The Kier molecular flexibility index (Phi) is 7.37. The van der Waals surface area contributed by atoms with Crippen molar-refractivity contribution in [1.82, 2.24) is 20.9 Å². The molecule has 1 heterocycles. The van der Waals surface area contributed by atoms with E-state index in [2.05, 4.69) is 25.9 Å². The van der Waals surface area contributed by atoms with Gasteiger partial charge in [0.2, 0.25) is 0 Å². The maximum Gasteiger partial charge on any atom is 0.252 e. The number of hydrogen-bond acceptors (Lipinski definition) is 3. The van der Waals surface area contributed by atoms with Gasteiger partial charge in [-0.15, -0.1) is 0 Å². The second kappa shape index (κ2) is 10.0. The molecule has 1 amide bonds. The predicted octanol–water partition coefficient (Wildman–Crippen LogP) is 1.71. The third-order valence-corrected chi connectivity index (χ3v) is 3.28. The molecule has 0 saturated carbocycles. The highest BCUT2D eigenvalue weighted by molar-refractivity contribution is 5.93. The number of benzene rings is 1. The van der Waals surface area contributed by atoms with Crippen LogP contribution in [0.1, 0.15) is 22.8 Å². The lowest BCUT2D eigenvalue weighted by Crippen LogP contribution is -2.41. The zero-order valence-corrected chi connectivity index (χ0v) is 14.1. The van der Waals surface area contributed by atoms with E-state index in [-0.39, 0.29) is 11.7 Å². The van der Waals surface area contributed by atoms with Gasteiger partial charge in [-0.3, -0.25) is 9.78 Å². The second-order valence-electron chi connectivity index (χ2n) is 5.25. The van der Waals surface area contributed by atoms with E-state index >= 15 is 0 Å². The maximum atomic E-state index is 13.2. The molecule has 0 aliphatic carbocycles. The van der Waals surface area contributed by atoms with Crippen molar-refractivity contribution < 1.29 is 9.18 Å². The minimum absolute atomic E-state index is 0.170. The number of aromatic nitrogens is 1. The summed E-state index contributed by atoms with van der Waals surface area (Å²) in [6, 6.07) is 9.78. The highest BCUT2D eigenvalue weighted by Crippen LogP contribution is 2.04. The standard InChI is InChI=1S/C18H22FN5O/c1-2-21-18(24-12-14-5-3-7-16(19)11-14)23-10-9-22-17(25)15-6-4-8-20-13-15/h3-8,11,13H,2,9-10,12H2,1H3,(H,22,25)(H2,21,23,24). The van der Waals surface area contributed by atoms with Crippen LogP contribution in [0.25, 0.3) is 0 Å². The van der Waals surface area contributed by atoms with Gasteiger partial charge < -0.3 is 16.0 Å². The van der Waals surface area contributed by atoms with Crippen LogP contribution in [-0.2, 0) is 6.54 Å². The summed E-state index contributed by atoms with van der Waals surface area (Å²) in [5, 5.41) is 9.04. The number of carbonyl (C=O) groups is 1. The van der Waals surface area contributed by atoms with Gasteiger partial charge in [-0.1, -0.05) is 12.1 Å². The van der Waals surface area contributed by atoms with Gasteiger partial charge in [0.05, 0.1) is 12.1 Å². The van der Waals surface area contributed by atoms with Gasteiger partial charge in [0.15, 0.2) is 5.96 Å².